The Hall–Kier alpha value is -1.32. The molecule has 0 atom stereocenters. The largest absolute Gasteiger partial charge is 0.459 e. The summed E-state index contributed by atoms with van der Waals surface area (Å²) in [6.07, 6.45) is 2.58. The van der Waals surface area contributed by atoms with Crippen LogP contribution in [0.4, 0.5) is 0 Å². The van der Waals surface area contributed by atoms with E-state index in [1.807, 2.05) is 12.1 Å². The highest BCUT2D eigenvalue weighted by Crippen LogP contribution is 2.28. The molecule has 1 heterocycles. The van der Waals surface area contributed by atoms with Gasteiger partial charge in [0.1, 0.15) is 11.3 Å². The molecule has 1 aliphatic carbocycles. The van der Waals surface area contributed by atoms with E-state index in [1.54, 1.807) is 0 Å². The van der Waals surface area contributed by atoms with Crippen molar-refractivity contribution in [2.45, 2.75) is 45.9 Å². The zero-order chi connectivity index (χ0) is 13.9. The summed E-state index contributed by atoms with van der Waals surface area (Å²) in [6, 6.07) is 8.91. The second-order valence-electron chi connectivity index (χ2n) is 6.06. The van der Waals surface area contributed by atoms with Gasteiger partial charge >= 0.3 is 0 Å². The lowest BCUT2D eigenvalue weighted by Gasteiger charge is -2.08. The standard InChI is InChI=1S/C17H23NO2/c1-12(2)10-19-11-15-14-5-3-4-6-16(14)20-17(15)9-18-13-7-8-13/h3-6,12-13,18H,7-11H2,1-2H3. The number of fused-ring (bicyclic) bond motifs is 1. The lowest BCUT2D eigenvalue weighted by molar-refractivity contribution is 0.0965. The van der Waals surface area contributed by atoms with Crippen molar-refractivity contribution in [3.05, 3.63) is 35.6 Å². The summed E-state index contributed by atoms with van der Waals surface area (Å²) in [5, 5.41) is 4.71. The van der Waals surface area contributed by atoms with Gasteiger partial charge < -0.3 is 14.5 Å². The molecule has 1 saturated carbocycles. The molecule has 0 bridgehead atoms. The zero-order valence-corrected chi connectivity index (χ0v) is 12.3. The fourth-order valence-electron chi connectivity index (χ4n) is 2.37. The number of nitrogens with one attached hydrogen (secondary N) is 1. The number of para-hydroxylation sites is 1. The molecule has 1 aromatic heterocycles. The van der Waals surface area contributed by atoms with E-state index in [0.717, 1.165) is 24.5 Å². The molecule has 0 radical (unpaired) electrons. The average molecular weight is 273 g/mol. The van der Waals surface area contributed by atoms with E-state index in [1.165, 1.54) is 23.8 Å². The van der Waals surface area contributed by atoms with Crippen molar-refractivity contribution in [1.29, 1.82) is 0 Å². The van der Waals surface area contributed by atoms with Crippen LogP contribution >= 0.6 is 0 Å². The van der Waals surface area contributed by atoms with Gasteiger partial charge in [0.05, 0.1) is 13.2 Å². The van der Waals surface area contributed by atoms with Gasteiger partial charge in [0, 0.05) is 23.6 Å². The molecule has 0 unspecified atom stereocenters. The van der Waals surface area contributed by atoms with Crippen molar-refractivity contribution in [2.24, 2.45) is 5.92 Å². The van der Waals surface area contributed by atoms with Gasteiger partial charge in [0.2, 0.25) is 0 Å². The normalized spacial score (nSPS) is 15.3. The molecule has 3 heteroatoms. The fraction of sp³-hybridized carbons (Fsp3) is 0.529. The molecule has 1 aromatic carbocycles. The molecule has 20 heavy (non-hydrogen) atoms. The van der Waals surface area contributed by atoms with Crippen molar-refractivity contribution < 1.29 is 9.15 Å². The van der Waals surface area contributed by atoms with Crippen LogP contribution in [0.5, 0.6) is 0 Å². The van der Waals surface area contributed by atoms with E-state index in [4.69, 9.17) is 9.15 Å². The quantitative estimate of drug-likeness (QED) is 0.832. The minimum atomic E-state index is 0.557. The van der Waals surface area contributed by atoms with E-state index >= 15 is 0 Å². The van der Waals surface area contributed by atoms with E-state index in [9.17, 15) is 0 Å². The smallest absolute Gasteiger partial charge is 0.134 e. The van der Waals surface area contributed by atoms with E-state index in [2.05, 4.69) is 31.3 Å². The number of furan rings is 1. The first-order valence-corrected chi connectivity index (χ1v) is 7.54. The monoisotopic (exact) mass is 273 g/mol. The van der Waals surface area contributed by atoms with Crippen LogP contribution in [0.1, 0.15) is 38.0 Å². The number of ether oxygens (including phenoxy) is 1. The van der Waals surface area contributed by atoms with E-state index < -0.39 is 0 Å². The second kappa shape index (κ2) is 5.98. The summed E-state index contributed by atoms with van der Waals surface area (Å²) in [5.41, 5.74) is 2.16. The zero-order valence-electron chi connectivity index (χ0n) is 12.3. The molecule has 0 amide bonds. The van der Waals surface area contributed by atoms with Gasteiger partial charge in [-0.05, 0) is 24.8 Å². The van der Waals surface area contributed by atoms with Crippen LogP contribution in [-0.2, 0) is 17.9 Å². The molecular weight excluding hydrogens is 250 g/mol. The Bertz CT molecular complexity index is 569. The van der Waals surface area contributed by atoms with Gasteiger partial charge in [-0.3, -0.25) is 0 Å². The molecule has 1 aliphatic rings. The Balaban J connectivity index is 1.78. The molecule has 2 aromatic rings. The van der Waals surface area contributed by atoms with Crippen molar-refractivity contribution in [3.8, 4) is 0 Å². The van der Waals surface area contributed by atoms with Crippen LogP contribution in [-0.4, -0.2) is 12.6 Å². The number of benzene rings is 1. The summed E-state index contributed by atoms with van der Waals surface area (Å²) in [7, 11) is 0. The molecule has 108 valence electrons. The minimum absolute atomic E-state index is 0.557. The third-order valence-corrected chi connectivity index (χ3v) is 3.61. The molecule has 0 saturated heterocycles. The Labute approximate surface area is 120 Å². The fourth-order valence-corrected chi connectivity index (χ4v) is 2.37. The highest BCUT2D eigenvalue weighted by molar-refractivity contribution is 5.82. The molecule has 0 spiro atoms. The van der Waals surface area contributed by atoms with E-state index in [-0.39, 0.29) is 0 Å². The SMILES string of the molecule is CC(C)COCc1c(CNC2CC2)oc2ccccc12. The lowest BCUT2D eigenvalue weighted by atomic mass is 10.1. The van der Waals surface area contributed by atoms with Gasteiger partial charge in [-0.15, -0.1) is 0 Å². The van der Waals surface area contributed by atoms with Gasteiger partial charge in [-0.25, -0.2) is 0 Å². The summed E-state index contributed by atoms with van der Waals surface area (Å²) in [5.74, 6) is 1.59. The Morgan fingerprint density at radius 2 is 2.10 bits per heavy atom. The number of rotatable bonds is 7. The van der Waals surface area contributed by atoms with E-state index in [0.29, 0.717) is 18.6 Å². The second-order valence-corrected chi connectivity index (χ2v) is 6.06. The highest BCUT2D eigenvalue weighted by Gasteiger charge is 2.22. The molecule has 0 aliphatic heterocycles. The van der Waals surface area contributed by atoms with Gasteiger partial charge in [0.25, 0.3) is 0 Å². The van der Waals surface area contributed by atoms with Crippen molar-refractivity contribution in [1.82, 2.24) is 5.32 Å². The van der Waals surface area contributed by atoms with Crippen molar-refractivity contribution in [3.63, 3.8) is 0 Å². The first kappa shape index (κ1) is 13.7. The van der Waals surface area contributed by atoms with Crippen LogP contribution in [0.25, 0.3) is 11.0 Å². The predicted octanol–water partition coefficient (Wildman–Crippen LogP) is 3.86. The number of hydrogen-bond acceptors (Lipinski definition) is 3. The maximum atomic E-state index is 5.99. The molecule has 3 rings (SSSR count). The highest BCUT2D eigenvalue weighted by atomic mass is 16.5. The van der Waals surface area contributed by atoms with Crippen molar-refractivity contribution in [2.75, 3.05) is 6.61 Å². The molecule has 1 fully saturated rings. The van der Waals surface area contributed by atoms with Crippen LogP contribution < -0.4 is 5.32 Å². The van der Waals surface area contributed by atoms with Crippen LogP contribution in [0.15, 0.2) is 28.7 Å². The predicted molar refractivity (Wildman–Crippen MR) is 80.6 cm³/mol. The average Bonchev–Trinajstić information content (AvgIpc) is 3.19. The summed E-state index contributed by atoms with van der Waals surface area (Å²) >= 11 is 0. The van der Waals surface area contributed by atoms with Crippen LogP contribution in [0.3, 0.4) is 0 Å². The maximum Gasteiger partial charge on any atom is 0.134 e. The molecule has 1 N–H and O–H groups in total. The maximum absolute atomic E-state index is 5.99. The Kier molecular flexibility index (Phi) is 4.08. The lowest BCUT2D eigenvalue weighted by Crippen LogP contribution is -2.16. The van der Waals surface area contributed by atoms with Crippen LogP contribution in [0.2, 0.25) is 0 Å². The third-order valence-electron chi connectivity index (χ3n) is 3.61. The topological polar surface area (TPSA) is 34.4 Å². The summed E-state index contributed by atoms with van der Waals surface area (Å²) in [6.45, 7) is 6.57. The Morgan fingerprint density at radius 1 is 1.30 bits per heavy atom. The van der Waals surface area contributed by atoms with Gasteiger partial charge in [0.15, 0.2) is 0 Å². The third kappa shape index (κ3) is 3.22. The van der Waals surface area contributed by atoms with Crippen molar-refractivity contribution >= 4 is 11.0 Å². The minimum Gasteiger partial charge on any atom is -0.459 e. The first-order chi connectivity index (χ1) is 9.74. The summed E-state index contributed by atoms with van der Waals surface area (Å²) in [4.78, 5) is 0. The molecular formula is C17H23NO2. The first-order valence-electron chi connectivity index (χ1n) is 7.54. The Morgan fingerprint density at radius 3 is 2.85 bits per heavy atom. The van der Waals surface area contributed by atoms with Gasteiger partial charge in [-0.2, -0.15) is 0 Å². The number of hydrogen-bond donors (Lipinski definition) is 1. The van der Waals surface area contributed by atoms with Crippen LogP contribution in [0, 0.1) is 5.92 Å². The summed E-state index contributed by atoms with van der Waals surface area (Å²) < 4.78 is 11.8. The van der Waals surface area contributed by atoms with Gasteiger partial charge in [-0.1, -0.05) is 32.0 Å². The molecule has 3 nitrogen and oxygen atoms in total.